The molecule has 0 saturated heterocycles. The van der Waals surface area contributed by atoms with Gasteiger partial charge in [0.05, 0.1) is 12.1 Å². The minimum atomic E-state index is -0.262. The Morgan fingerprint density at radius 2 is 1.95 bits per heavy atom. The summed E-state index contributed by atoms with van der Waals surface area (Å²) >= 11 is 3.55. The zero-order valence-corrected chi connectivity index (χ0v) is 13.8. The van der Waals surface area contributed by atoms with Crippen LogP contribution < -0.4 is 10.6 Å². The number of guanidine groups is 1. The Morgan fingerprint density at radius 1 is 1.19 bits per heavy atom. The molecule has 0 saturated carbocycles. The third kappa shape index (κ3) is 2.44. The van der Waals surface area contributed by atoms with Gasteiger partial charge in [0.15, 0.2) is 5.96 Å². The number of benzene rings is 2. The molecule has 3 nitrogen and oxygen atoms in total. The van der Waals surface area contributed by atoms with Crippen molar-refractivity contribution >= 4 is 27.6 Å². The lowest BCUT2D eigenvalue weighted by molar-refractivity contribution is 0.532. The van der Waals surface area contributed by atoms with Gasteiger partial charge in [0.25, 0.3) is 0 Å². The van der Waals surface area contributed by atoms with Gasteiger partial charge in [0.1, 0.15) is 0 Å². The summed E-state index contributed by atoms with van der Waals surface area (Å²) in [6.07, 6.45) is 0. The fourth-order valence-corrected chi connectivity index (χ4v) is 3.26. The van der Waals surface area contributed by atoms with Crippen LogP contribution in [0.15, 0.2) is 58.0 Å². The molecule has 0 amide bonds. The van der Waals surface area contributed by atoms with E-state index in [1.807, 2.05) is 12.1 Å². The molecule has 0 radical (unpaired) electrons. The van der Waals surface area contributed by atoms with Gasteiger partial charge >= 0.3 is 0 Å². The first-order valence-corrected chi connectivity index (χ1v) is 7.73. The van der Waals surface area contributed by atoms with Crippen LogP contribution in [-0.2, 0) is 5.54 Å². The van der Waals surface area contributed by atoms with E-state index < -0.39 is 0 Å². The van der Waals surface area contributed by atoms with Crippen molar-refractivity contribution in [3.63, 3.8) is 0 Å². The second-order valence-corrected chi connectivity index (χ2v) is 6.55. The number of nitrogens with zero attached hydrogens (tertiary/aromatic N) is 2. The van der Waals surface area contributed by atoms with E-state index in [0.29, 0.717) is 12.5 Å². The Labute approximate surface area is 133 Å². The van der Waals surface area contributed by atoms with E-state index in [1.54, 1.807) is 0 Å². The first-order chi connectivity index (χ1) is 10.0. The Balaban J connectivity index is 2.10. The van der Waals surface area contributed by atoms with E-state index in [1.165, 1.54) is 11.1 Å². The van der Waals surface area contributed by atoms with Crippen LogP contribution in [0.1, 0.15) is 18.1 Å². The van der Waals surface area contributed by atoms with Gasteiger partial charge in [-0.1, -0.05) is 40.2 Å². The first kappa shape index (κ1) is 14.1. The van der Waals surface area contributed by atoms with Gasteiger partial charge in [-0.25, -0.2) is 0 Å². The van der Waals surface area contributed by atoms with Crippen LogP contribution in [0.2, 0.25) is 0 Å². The summed E-state index contributed by atoms with van der Waals surface area (Å²) < 4.78 is 1.07. The summed E-state index contributed by atoms with van der Waals surface area (Å²) in [6, 6.07) is 16.7. The predicted octanol–water partition coefficient (Wildman–Crippen LogP) is 3.81. The number of halogens is 1. The fraction of sp³-hybridized carbons (Fsp3) is 0.235. The van der Waals surface area contributed by atoms with Gasteiger partial charge in [-0.05, 0) is 49.2 Å². The molecule has 0 spiro atoms. The smallest absolute Gasteiger partial charge is 0.196 e. The van der Waals surface area contributed by atoms with Gasteiger partial charge in [0.2, 0.25) is 0 Å². The molecule has 2 N–H and O–H groups in total. The number of hydrogen-bond acceptors (Lipinski definition) is 3. The molecule has 2 aromatic rings. The molecule has 0 aliphatic carbocycles. The second-order valence-electron chi connectivity index (χ2n) is 5.63. The van der Waals surface area contributed by atoms with Crippen molar-refractivity contribution in [1.29, 1.82) is 0 Å². The molecule has 2 aromatic carbocycles. The Morgan fingerprint density at radius 3 is 2.67 bits per heavy atom. The Hall–Kier alpha value is -1.81. The van der Waals surface area contributed by atoms with Gasteiger partial charge in [-0.3, -0.25) is 4.99 Å². The van der Waals surface area contributed by atoms with Gasteiger partial charge in [-0.15, -0.1) is 0 Å². The molecule has 0 aromatic heterocycles. The van der Waals surface area contributed by atoms with Crippen LogP contribution in [-0.4, -0.2) is 12.5 Å². The summed E-state index contributed by atoms with van der Waals surface area (Å²) in [7, 11) is 0. The highest BCUT2D eigenvalue weighted by Crippen LogP contribution is 2.37. The van der Waals surface area contributed by atoms with Gasteiger partial charge in [-0.2, -0.15) is 0 Å². The maximum Gasteiger partial charge on any atom is 0.196 e. The van der Waals surface area contributed by atoms with E-state index >= 15 is 0 Å². The first-order valence-electron chi connectivity index (χ1n) is 6.93. The maximum atomic E-state index is 6.18. The van der Waals surface area contributed by atoms with Crippen LogP contribution >= 0.6 is 15.9 Å². The minimum Gasteiger partial charge on any atom is -0.369 e. The van der Waals surface area contributed by atoms with Crippen LogP contribution in [0.25, 0.3) is 0 Å². The lowest BCUT2D eigenvalue weighted by Crippen LogP contribution is -2.47. The number of aliphatic imine (C=N–C) groups is 1. The topological polar surface area (TPSA) is 41.6 Å². The van der Waals surface area contributed by atoms with E-state index in [2.05, 4.69) is 76.1 Å². The monoisotopic (exact) mass is 343 g/mol. The van der Waals surface area contributed by atoms with E-state index in [0.717, 1.165) is 10.2 Å². The molecule has 4 heteroatoms. The molecule has 1 atom stereocenters. The summed E-state index contributed by atoms with van der Waals surface area (Å²) in [5.41, 5.74) is 9.40. The van der Waals surface area contributed by atoms with Gasteiger partial charge < -0.3 is 10.6 Å². The van der Waals surface area contributed by atoms with Crippen LogP contribution in [0.3, 0.4) is 0 Å². The van der Waals surface area contributed by atoms with Crippen molar-refractivity contribution < 1.29 is 0 Å². The third-order valence-electron chi connectivity index (χ3n) is 3.98. The highest BCUT2D eigenvalue weighted by Gasteiger charge is 2.40. The van der Waals surface area contributed by atoms with Crippen LogP contribution in [0.4, 0.5) is 5.69 Å². The number of rotatable bonds is 2. The molecule has 108 valence electrons. The molecular weight excluding hydrogens is 326 g/mol. The van der Waals surface area contributed by atoms with Crippen molar-refractivity contribution in [2.75, 3.05) is 11.4 Å². The standard InChI is InChI=1S/C17H18BrN3/c1-12-5-3-8-15(9-12)21-16(19)20-11-17(21,2)13-6-4-7-14(18)10-13/h3-10H,11H2,1-2H3,(H2,19,20). The number of aryl methyl sites for hydroxylation is 1. The summed E-state index contributed by atoms with van der Waals surface area (Å²) in [5, 5.41) is 0. The Bertz CT molecular complexity index is 711. The highest BCUT2D eigenvalue weighted by molar-refractivity contribution is 9.10. The third-order valence-corrected chi connectivity index (χ3v) is 4.47. The molecule has 1 aliphatic heterocycles. The highest BCUT2D eigenvalue weighted by atomic mass is 79.9. The van der Waals surface area contributed by atoms with Crippen molar-refractivity contribution in [3.8, 4) is 0 Å². The Kier molecular flexibility index (Phi) is 3.49. The molecule has 1 unspecified atom stereocenters. The van der Waals surface area contributed by atoms with Crippen LogP contribution in [0.5, 0.6) is 0 Å². The average Bonchev–Trinajstić information content (AvgIpc) is 2.76. The molecule has 0 bridgehead atoms. The average molecular weight is 344 g/mol. The molecule has 0 fully saturated rings. The number of hydrogen-bond donors (Lipinski definition) is 1. The van der Waals surface area contributed by atoms with Crippen molar-refractivity contribution in [2.24, 2.45) is 10.7 Å². The lowest BCUT2D eigenvalue weighted by atomic mass is 9.90. The SMILES string of the molecule is Cc1cccc(N2C(N)=NCC2(C)c2cccc(Br)c2)c1. The van der Waals surface area contributed by atoms with Gasteiger partial charge in [0, 0.05) is 10.2 Å². The maximum absolute atomic E-state index is 6.18. The zero-order valence-electron chi connectivity index (χ0n) is 12.2. The number of anilines is 1. The van der Waals surface area contributed by atoms with E-state index in [9.17, 15) is 0 Å². The molecular formula is C17H18BrN3. The zero-order chi connectivity index (χ0) is 15.0. The predicted molar refractivity (Wildman–Crippen MR) is 91.6 cm³/mol. The normalized spacial score (nSPS) is 21.5. The van der Waals surface area contributed by atoms with E-state index in [-0.39, 0.29) is 5.54 Å². The van der Waals surface area contributed by atoms with Crippen molar-refractivity contribution in [3.05, 3.63) is 64.1 Å². The molecule has 3 rings (SSSR count). The quantitative estimate of drug-likeness (QED) is 0.900. The minimum absolute atomic E-state index is 0.262. The second kappa shape index (κ2) is 5.19. The van der Waals surface area contributed by atoms with Crippen molar-refractivity contribution in [1.82, 2.24) is 0 Å². The summed E-state index contributed by atoms with van der Waals surface area (Å²) in [6.45, 7) is 4.92. The fourth-order valence-electron chi connectivity index (χ4n) is 2.86. The van der Waals surface area contributed by atoms with Crippen LogP contribution in [0, 0.1) is 6.92 Å². The lowest BCUT2D eigenvalue weighted by Gasteiger charge is -2.37. The van der Waals surface area contributed by atoms with E-state index in [4.69, 9.17) is 5.73 Å². The summed E-state index contributed by atoms with van der Waals surface area (Å²) in [5.74, 6) is 0.572. The van der Waals surface area contributed by atoms with Crippen molar-refractivity contribution in [2.45, 2.75) is 19.4 Å². The number of nitrogens with two attached hydrogens (primary N) is 1. The summed E-state index contributed by atoms with van der Waals surface area (Å²) in [4.78, 5) is 6.61. The molecule has 21 heavy (non-hydrogen) atoms. The molecule has 1 heterocycles. The molecule has 1 aliphatic rings. The largest absolute Gasteiger partial charge is 0.369 e.